The Morgan fingerprint density at radius 1 is 1.30 bits per heavy atom. The minimum Gasteiger partial charge on any atom is -0.383 e. The number of para-hydroxylation sites is 1. The number of ether oxygens (including phenoxy) is 1. The van der Waals surface area contributed by atoms with E-state index in [1.807, 2.05) is 18.2 Å². The molecule has 1 aliphatic heterocycles. The number of piperazine rings is 1. The third-order valence-electron chi connectivity index (χ3n) is 3.65. The lowest BCUT2D eigenvalue weighted by atomic mass is 10.2. The van der Waals surface area contributed by atoms with Gasteiger partial charge in [0, 0.05) is 39.0 Å². The lowest BCUT2D eigenvalue weighted by Crippen LogP contribution is -2.57. The second kappa shape index (κ2) is 7.23. The van der Waals surface area contributed by atoms with Gasteiger partial charge >= 0.3 is 0 Å². The van der Waals surface area contributed by atoms with Crippen LogP contribution in [0.2, 0.25) is 0 Å². The minimum atomic E-state index is -0.317. The van der Waals surface area contributed by atoms with Crippen molar-refractivity contribution < 1.29 is 9.53 Å². The van der Waals surface area contributed by atoms with Crippen LogP contribution in [0.5, 0.6) is 0 Å². The number of nitrogens with one attached hydrogen (secondary N) is 1. The van der Waals surface area contributed by atoms with Gasteiger partial charge in [-0.1, -0.05) is 18.2 Å². The molecule has 6 heteroatoms. The van der Waals surface area contributed by atoms with Crippen LogP contribution in [0.4, 0.5) is 5.69 Å². The number of carbonyl (C=O) groups is 1. The third kappa shape index (κ3) is 3.47. The quantitative estimate of drug-likeness (QED) is 0.444. The summed E-state index contributed by atoms with van der Waals surface area (Å²) >= 11 is 0. The van der Waals surface area contributed by atoms with Gasteiger partial charge in [-0.2, -0.15) is 0 Å². The van der Waals surface area contributed by atoms with Crippen molar-refractivity contribution in [3.63, 3.8) is 0 Å². The van der Waals surface area contributed by atoms with Gasteiger partial charge in [-0.3, -0.25) is 15.1 Å². The molecule has 0 aliphatic carbocycles. The normalized spacial score (nSPS) is 17.8. The highest BCUT2D eigenvalue weighted by Crippen LogP contribution is 2.16. The van der Waals surface area contributed by atoms with Gasteiger partial charge in [-0.15, -0.1) is 0 Å². The lowest BCUT2D eigenvalue weighted by molar-refractivity contribution is -0.128. The fourth-order valence-corrected chi connectivity index (χ4v) is 2.53. The molecule has 3 N–H and O–H groups in total. The van der Waals surface area contributed by atoms with E-state index in [9.17, 15) is 4.79 Å². The number of hydrazine groups is 1. The molecule has 0 saturated carbocycles. The molecule has 1 aliphatic rings. The van der Waals surface area contributed by atoms with E-state index in [-0.39, 0.29) is 11.9 Å². The number of amides is 1. The summed E-state index contributed by atoms with van der Waals surface area (Å²) in [6, 6.07) is 9.99. The van der Waals surface area contributed by atoms with Gasteiger partial charge in [-0.05, 0) is 12.1 Å². The smallest absolute Gasteiger partial charge is 0.253 e. The summed E-state index contributed by atoms with van der Waals surface area (Å²) in [7, 11) is 1.59. The van der Waals surface area contributed by atoms with E-state index in [1.54, 1.807) is 7.11 Å². The number of benzene rings is 1. The van der Waals surface area contributed by atoms with Crippen LogP contribution in [0.3, 0.4) is 0 Å². The minimum absolute atomic E-state index is 0.194. The molecule has 1 aromatic rings. The summed E-state index contributed by atoms with van der Waals surface area (Å²) in [5.74, 6) is 5.04. The van der Waals surface area contributed by atoms with Gasteiger partial charge in [-0.25, -0.2) is 5.84 Å². The maximum atomic E-state index is 11.8. The molecule has 1 fully saturated rings. The van der Waals surface area contributed by atoms with E-state index >= 15 is 0 Å². The Balaban J connectivity index is 1.94. The van der Waals surface area contributed by atoms with Crippen LogP contribution in [0.1, 0.15) is 0 Å². The van der Waals surface area contributed by atoms with E-state index in [2.05, 4.69) is 27.4 Å². The first kappa shape index (κ1) is 14.8. The van der Waals surface area contributed by atoms with Crippen molar-refractivity contribution in [2.75, 3.05) is 44.8 Å². The van der Waals surface area contributed by atoms with Gasteiger partial charge in [0.1, 0.15) is 6.04 Å². The van der Waals surface area contributed by atoms with E-state index in [0.29, 0.717) is 6.61 Å². The van der Waals surface area contributed by atoms with Gasteiger partial charge in [0.25, 0.3) is 5.91 Å². The van der Waals surface area contributed by atoms with Crippen LogP contribution in [0.15, 0.2) is 30.3 Å². The van der Waals surface area contributed by atoms with Crippen LogP contribution in [0.25, 0.3) is 0 Å². The number of hydrogen-bond acceptors (Lipinski definition) is 5. The van der Waals surface area contributed by atoms with Crippen molar-refractivity contribution in [3.8, 4) is 0 Å². The van der Waals surface area contributed by atoms with E-state index in [0.717, 1.165) is 26.2 Å². The molecule has 1 aromatic carbocycles. The first-order valence-corrected chi connectivity index (χ1v) is 6.79. The summed E-state index contributed by atoms with van der Waals surface area (Å²) < 4.78 is 5.12. The molecule has 1 heterocycles. The fraction of sp³-hybridized carbons (Fsp3) is 0.500. The molecule has 2 rings (SSSR count). The summed E-state index contributed by atoms with van der Waals surface area (Å²) in [5, 5.41) is 0. The number of anilines is 1. The van der Waals surface area contributed by atoms with Gasteiger partial charge in [0.2, 0.25) is 0 Å². The number of hydrogen-bond donors (Lipinski definition) is 2. The summed E-state index contributed by atoms with van der Waals surface area (Å²) in [4.78, 5) is 16.2. The molecule has 6 nitrogen and oxygen atoms in total. The van der Waals surface area contributed by atoms with Crippen molar-refractivity contribution in [1.29, 1.82) is 0 Å². The average Bonchev–Trinajstić information content (AvgIpc) is 2.53. The molecule has 1 amide bonds. The molecule has 0 bridgehead atoms. The van der Waals surface area contributed by atoms with E-state index in [1.165, 1.54) is 5.69 Å². The van der Waals surface area contributed by atoms with Crippen molar-refractivity contribution >= 4 is 11.6 Å². The van der Waals surface area contributed by atoms with E-state index in [4.69, 9.17) is 10.6 Å². The van der Waals surface area contributed by atoms with Crippen molar-refractivity contribution in [3.05, 3.63) is 30.3 Å². The SMILES string of the molecule is COCC(C(=O)NN)N1CCN(c2ccccc2)CC1. The van der Waals surface area contributed by atoms with Gasteiger partial charge in [0.15, 0.2) is 0 Å². The number of carbonyl (C=O) groups excluding carboxylic acids is 1. The van der Waals surface area contributed by atoms with Crippen molar-refractivity contribution in [2.45, 2.75) is 6.04 Å². The highest BCUT2D eigenvalue weighted by Gasteiger charge is 2.28. The van der Waals surface area contributed by atoms with Crippen LogP contribution in [0, 0.1) is 0 Å². The first-order chi connectivity index (χ1) is 9.76. The van der Waals surface area contributed by atoms with Crippen LogP contribution >= 0.6 is 0 Å². The monoisotopic (exact) mass is 278 g/mol. The van der Waals surface area contributed by atoms with Gasteiger partial charge < -0.3 is 9.64 Å². The Labute approximate surface area is 119 Å². The summed E-state index contributed by atoms with van der Waals surface area (Å²) in [6.07, 6.45) is 0. The summed E-state index contributed by atoms with van der Waals surface area (Å²) in [6.45, 7) is 3.77. The average molecular weight is 278 g/mol. The summed E-state index contributed by atoms with van der Waals surface area (Å²) in [5.41, 5.74) is 3.44. The predicted octanol–water partition coefficient (Wildman–Crippen LogP) is -0.186. The maximum absolute atomic E-state index is 11.8. The molecule has 1 unspecified atom stereocenters. The van der Waals surface area contributed by atoms with Crippen molar-refractivity contribution in [2.24, 2.45) is 5.84 Å². The maximum Gasteiger partial charge on any atom is 0.253 e. The predicted molar refractivity (Wildman–Crippen MR) is 78.2 cm³/mol. The zero-order valence-corrected chi connectivity index (χ0v) is 11.8. The molecule has 20 heavy (non-hydrogen) atoms. The number of nitrogens with two attached hydrogens (primary N) is 1. The standard InChI is InChI=1S/C14H22N4O2/c1-20-11-13(14(19)16-15)18-9-7-17(8-10-18)12-5-3-2-4-6-12/h2-6,13H,7-11,15H2,1H3,(H,16,19). The Bertz CT molecular complexity index is 418. The molecule has 0 radical (unpaired) electrons. The molecular weight excluding hydrogens is 256 g/mol. The number of rotatable bonds is 5. The number of methoxy groups -OCH3 is 1. The largest absolute Gasteiger partial charge is 0.383 e. The second-order valence-corrected chi connectivity index (χ2v) is 4.84. The molecule has 0 spiro atoms. The van der Waals surface area contributed by atoms with Gasteiger partial charge in [0.05, 0.1) is 6.61 Å². The second-order valence-electron chi connectivity index (χ2n) is 4.84. The zero-order chi connectivity index (χ0) is 14.4. The topological polar surface area (TPSA) is 70.8 Å². The molecular formula is C14H22N4O2. The molecule has 1 saturated heterocycles. The van der Waals surface area contributed by atoms with E-state index < -0.39 is 0 Å². The Morgan fingerprint density at radius 2 is 1.95 bits per heavy atom. The molecule has 0 aromatic heterocycles. The third-order valence-corrected chi connectivity index (χ3v) is 3.65. The fourth-order valence-electron chi connectivity index (χ4n) is 2.53. The van der Waals surface area contributed by atoms with Crippen LogP contribution in [-0.2, 0) is 9.53 Å². The highest BCUT2D eigenvalue weighted by atomic mass is 16.5. The zero-order valence-electron chi connectivity index (χ0n) is 11.8. The highest BCUT2D eigenvalue weighted by molar-refractivity contribution is 5.81. The lowest BCUT2D eigenvalue weighted by Gasteiger charge is -2.39. The van der Waals surface area contributed by atoms with Crippen LogP contribution < -0.4 is 16.2 Å². The molecule has 110 valence electrons. The van der Waals surface area contributed by atoms with Crippen LogP contribution in [-0.4, -0.2) is 56.7 Å². The Hall–Kier alpha value is -1.63. The Kier molecular flexibility index (Phi) is 5.34. The number of nitrogens with zero attached hydrogens (tertiary/aromatic N) is 2. The Morgan fingerprint density at radius 3 is 2.50 bits per heavy atom. The first-order valence-electron chi connectivity index (χ1n) is 6.79. The van der Waals surface area contributed by atoms with Crippen molar-refractivity contribution in [1.82, 2.24) is 10.3 Å². The molecule has 1 atom stereocenters.